The molecule has 39 heavy (non-hydrogen) atoms. The van der Waals surface area contributed by atoms with Gasteiger partial charge in [-0.1, -0.05) is 19.4 Å². The number of aromatic nitrogens is 2. The van der Waals surface area contributed by atoms with Gasteiger partial charge in [-0.3, -0.25) is 19.6 Å². The summed E-state index contributed by atoms with van der Waals surface area (Å²) in [6, 6.07) is 6.81. The summed E-state index contributed by atoms with van der Waals surface area (Å²) in [5, 5.41) is 9.17. The van der Waals surface area contributed by atoms with Crippen LogP contribution >= 0.6 is 0 Å². The van der Waals surface area contributed by atoms with Gasteiger partial charge in [0.2, 0.25) is 0 Å². The summed E-state index contributed by atoms with van der Waals surface area (Å²) in [7, 11) is 0. The molecule has 8 heteroatoms. The number of rotatable bonds is 4. The molecule has 0 aliphatic heterocycles. The Morgan fingerprint density at radius 3 is 2.05 bits per heavy atom. The number of fused-ring (bicyclic) bond motifs is 5. The van der Waals surface area contributed by atoms with Gasteiger partial charge in [-0.25, -0.2) is 10.9 Å². The number of amides is 2. The Labute approximate surface area is 229 Å². The van der Waals surface area contributed by atoms with E-state index < -0.39 is 0 Å². The van der Waals surface area contributed by atoms with Gasteiger partial charge in [-0.05, 0) is 105 Å². The van der Waals surface area contributed by atoms with E-state index >= 15 is 0 Å². The standard InChI is InChI=1S/C31H36N6O2/c1-30-13-7-23(34-36-28(38)20-9-15-32-16-10-20)19-22(30)3-4-24-25-5-6-27(31(25,2)14-8-26(24)30)35-37-29(39)21-11-17-33-18-12-21/h9-12,15-19,24-26H,3-8,13-14H2,1-2H3,(H,36,38)(H,37,39)/t24-,25+,26-,30-,31+/m0/s1. The van der Waals surface area contributed by atoms with Gasteiger partial charge in [-0.2, -0.15) is 10.2 Å². The van der Waals surface area contributed by atoms with Crippen molar-refractivity contribution in [1.82, 2.24) is 20.8 Å². The summed E-state index contributed by atoms with van der Waals surface area (Å²) in [5.41, 5.74) is 10.5. The Morgan fingerprint density at radius 2 is 1.38 bits per heavy atom. The third kappa shape index (κ3) is 4.60. The first-order chi connectivity index (χ1) is 18.9. The number of carbonyl (C=O) groups is 2. The Balaban J connectivity index is 1.15. The maximum atomic E-state index is 12.6. The van der Waals surface area contributed by atoms with Gasteiger partial charge in [-0.15, -0.1) is 0 Å². The molecule has 5 atom stereocenters. The average molecular weight is 525 g/mol. The highest BCUT2D eigenvalue weighted by Crippen LogP contribution is 2.64. The lowest BCUT2D eigenvalue weighted by Gasteiger charge is -2.57. The molecule has 2 aromatic rings. The van der Waals surface area contributed by atoms with Gasteiger partial charge in [0.1, 0.15) is 0 Å². The first-order valence-electron chi connectivity index (χ1n) is 14.1. The molecule has 3 fully saturated rings. The van der Waals surface area contributed by atoms with E-state index in [1.807, 2.05) is 0 Å². The lowest BCUT2D eigenvalue weighted by molar-refractivity contribution is -0.0155. The molecule has 0 aromatic carbocycles. The zero-order chi connectivity index (χ0) is 27.0. The third-order valence-corrected chi connectivity index (χ3v) is 10.2. The molecule has 3 saturated carbocycles. The average Bonchev–Trinajstić information content (AvgIpc) is 3.31. The maximum Gasteiger partial charge on any atom is 0.271 e. The molecule has 2 heterocycles. The second kappa shape index (κ2) is 10.1. The van der Waals surface area contributed by atoms with Crippen LogP contribution in [0.25, 0.3) is 0 Å². The van der Waals surface area contributed by atoms with Gasteiger partial charge in [0.15, 0.2) is 0 Å². The Hall–Kier alpha value is -3.68. The van der Waals surface area contributed by atoms with Crippen molar-refractivity contribution in [2.75, 3.05) is 0 Å². The monoisotopic (exact) mass is 524 g/mol. The summed E-state index contributed by atoms with van der Waals surface area (Å²) < 4.78 is 0. The largest absolute Gasteiger partial charge is 0.271 e. The molecule has 6 rings (SSSR count). The molecule has 0 saturated heterocycles. The fourth-order valence-electron chi connectivity index (χ4n) is 8.01. The summed E-state index contributed by atoms with van der Waals surface area (Å²) in [6.45, 7) is 4.84. The van der Waals surface area contributed by atoms with Crippen LogP contribution in [0.4, 0.5) is 0 Å². The highest BCUT2D eigenvalue weighted by Gasteiger charge is 2.58. The number of hydrogen-bond donors (Lipinski definition) is 2. The smallest absolute Gasteiger partial charge is 0.267 e. The molecule has 4 aliphatic carbocycles. The minimum atomic E-state index is -0.206. The summed E-state index contributed by atoms with van der Waals surface area (Å²) >= 11 is 0. The molecule has 0 radical (unpaired) electrons. The molecule has 4 aliphatic rings. The molecule has 2 amide bonds. The van der Waals surface area contributed by atoms with E-state index in [-0.39, 0.29) is 22.6 Å². The number of allylic oxidation sites excluding steroid dienone is 2. The maximum absolute atomic E-state index is 12.6. The lowest BCUT2D eigenvalue weighted by Crippen LogP contribution is -2.50. The van der Waals surface area contributed by atoms with Crippen molar-refractivity contribution in [2.45, 2.75) is 65.2 Å². The second-order valence-electron chi connectivity index (χ2n) is 12.0. The lowest BCUT2D eigenvalue weighted by atomic mass is 9.47. The number of hydrazone groups is 2. The van der Waals surface area contributed by atoms with Crippen LogP contribution in [0.2, 0.25) is 0 Å². The van der Waals surface area contributed by atoms with Crippen molar-refractivity contribution in [1.29, 1.82) is 0 Å². The third-order valence-electron chi connectivity index (χ3n) is 10.2. The van der Waals surface area contributed by atoms with Gasteiger partial charge in [0, 0.05) is 47.0 Å². The van der Waals surface area contributed by atoms with E-state index in [1.54, 1.807) is 49.1 Å². The molecule has 0 spiro atoms. The fraction of sp³-hybridized carbons (Fsp3) is 0.484. The second-order valence-corrected chi connectivity index (χ2v) is 12.0. The van der Waals surface area contributed by atoms with Crippen LogP contribution in [0.3, 0.4) is 0 Å². The molecular weight excluding hydrogens is 488 g/mol. The zero-order valence-corrected chi connectivity index (χ0v) is 22.7. The molecule has 0 unspecified atom stereocenters. The van der Waals surface area contributed by atoms with Crippen LogP contribution in [0.1, 0.15) is 85.9 Å². The summed E-state index contributed by atoms with van der Waals surface area (Å²) in [6.07, 6.45) is 17.3. The quantitative estimate of drug-likeness (QED) is 0.528. The Bertz CT molecular complexity index is 1350. The van der Waals surface area contributed by atoms with Crippen molar-refractivity contribution >= 4 is 23.2 Å². The highest BCUT2D eigenvalue weighted by molar-refractivity contribution is 6.00. The first-order valence-corrected chi connectivity index (χ1v) is 14.1. The number of carbonyl (C=O) groups excluding carboxylic acids is 2. The van der Waals surface area contributed by atoms with Crippen LogP contribution in [-0.2, 0) is 0 Å². The van der Waals surface area contributed by atoms with Crippen molar-refractivity contribution in [3.05, 3.63) is 71.8 Å². The van der Waals surface area contributed by atoms with Crippen molar-refractivity contribution in [3.8, 4) is 0 Å². The summed E-state index contributed by atoms with van der Waals surface area (Å²) in [5.74, 6) is 1.53. The highest BCUT2D eigenvalue weighted by atomic mass is 16.2. The normalized spacial score (nSPS) is 33.5. The molecule has 202 valence electrons. The molecule has 2 N–H and O–H groups in total. The van der Waals surface area contributed by atoms with Crippen molar-refractivity contribution in [2.24, 2.45) is 38.8 Å². The van der Waals surface area contributed by atoms with E-state index in [0.29, 0.717) is 28.9 Å². The van der Waals surface area contributed by atoms with Gasteiger partial charge >= 0.3 is 0 Å². The molecule has 2 aromatic heterocycles. The molecular formula is C31H36N6O2. The SMILES string of the molecule is C[C@@]12CC[C@H]3[C@@H](CCC4=CC(=NNC(=O)c5ccncc5)CC[C@@]43C)[C@H]1CCC2=NNC(=O)c1ccncc1. The summed E-state index contributed by atoms with van der Waals surface area (Å²) in [4.78, 5) is 33.0. The van der Waals surface area contributed by atoms with Crippen molar-refractivity contribution < 1.29 is 9.59 Å². The predicted molar refractivity (Wildman–Crippen MR) is 150 cm³/mol. The first kappa shape index (κ1) is 25.6. The number of nitrogens with zero attached hydrogens (tertiary/aromatic N) is 4. The number of nitrogens with one attached hydrogen (secondary N) is 2. The fourth-order valence-corrected chi connectivity index (χ4v) is 8.01. The van der Waals surface area contributed by atoms with Gasteiger partial charge < -0.3 is 0 Å². The molecule has 0 bridgehead atoms. The Morgan fingerprint density at radius 1 is 0.769 bits per heavy atom. The number of pyridine rings is 2. The van der Waals surface area contributed by atoms with E-state index in [2.05, 4.69) is 45.8 Å². The van der Waals surface area contributed by atoms with E-state index in [9.17, 15) is 9.59 Å². The minimum absolute atomic E-state index is 0.0444. The van der Waals surface area contributed by atoms with Gasteiger partial charge in [0.25, 0.3) is 11.8 Å². The predicted octanol–water partition coefficient (Wildman–Crippen LogP) is 5.31. The van der Waals surface area contributed by atoms with E-state index in [4.69, 9.17) is 5.10 Å². The van der Waals surface area contributed by atoms with Crippen LogP contribution in [-0.4, -0.2) is 33.2 Å². The van der Waals surface area contributed by atoms with Crippen LogP contribution in [0, 0.1) is 28.6 Å². The van der Waals surface area contributed by atoms with Gasteiger partial charge in [0.05, 0.1) is 5.71 Å². The topological polar surface area (TPSA) is 109 Å². The van der Waals surface area contributed by atoms with Crippen LogP contribution in [0.5, 0.6) is 0 Å². The zero-order valence-electron chi connectivity index (χ0n) is 22.7. The van der Waals surface area contributed by atoms with Crippen LogP contribution in [0.15, 0.2) is 70.9 Å². The molecule has 8 nitrogen and oxygen atoms in total. The van der Waals surface area contributed by atoms with Crippen molar-refractivity contribution in [3.63, 3.8) is 0 Å². The van der Waals surface area contributed by atoms with E-state index in [0.717, 1.165) is 49.9 Å². The van der Waals surface area contributed by atoms with E-state index in [1.165, 1.54) is 18.4 Å². The minimum Gasteiger partial charge on any atom is -0.267 e. The number of hydrogen-bond acceptors (Lipinski definition) is 6. The Kier molecular flexibility index (Phi) is 6.65. The van der Waals surface area contributed by atoms with Crippen LogP contribution < -0.4 is 10.9 Å².